The van der Waals surface area contributed by atoms with E-state index in [4.69, 9.17) is 0 Å². The fourth-order valence-corrected chi connectivity index (χ4v) is 2.55. The number of esters is 1. The van der Waals surface area contributed by atoms with Crippen LogP contribution in [0.1, 0.15) is 39.5 Å². The van der Waals surface area contributed by atoms with Gasteiger partial charge in [0, 0.05) is 6.54 Å². The van der Waals surface area contributed by atoms with Crippen LogP contribution in [0.5, 0.6) is 0 Å². The van der Waals surface area contributed by atoms with Crippen molar-refractivity contribution >= 4 is 11.9 Å². The van der Waals surface area contributed by atoms with Gasteiger partial charge >= 0.3 is 5.97 Å². The molecule has 1 amide bonds. The average molecular weight is 256 g/mol. The summed E-state index contributed by atoms with van der Waals surface area (Å²) in [6.07, 6.45) is 3.69. The van der Waals surface area contributed by atoms with Gasteiger partial charge in [-0.2, -0.15) is 0 Å². The molecule has 0 aliphatic carbocycles. The molecule has 2 unspecified atom stereocenters. The summed E-state index contributed by atoms with van der Waals surface area (Å²) in [5.41, 5.74) is -0.366. The summed E-state index contributed by atoms with van der Waals surface area (Å²) in [6, 6.07) is -0.585. The summed E-state index contributed by atoms with van der Waals surface area (Å²) < 4.78 is 4.62. The van der Waals surface area contributed by atoms with Crippen molar-refractivity contribution in [3.05, 3.63) is 0 Å². The molecule has 5 heteroatoms. The van der Waals surface area contributed by atoms with Crippen LogP contribution in [0.3, 0.4) is 0 Å². The molecule has 1 rings (SSSR count). The number of amides is 1. The minimum absolute atomic E-state index is 0.0329. The number of methoxy groups -OCH3 is 1. The Hall–Kier alpha value is -1.10. The highest BCUT2D eigenvalue weighted by atomic mass is 16.5. The van der Waals surface area contributed by atoms with Gasteiger partial charge in [-0.15, -0.1) is 0 Å². The zero-order valence-corrected chi connectivity index (χ0v) is 11.5. The zero-order valence-electron chi connectivity index (χ0n) is 11.5. The molecule has 0 spiro atoms. The first-order valence-corrected chi connectivity index (χ1v) is 6.65. The maximum atomic E-state index is 12.4. The molecular formula is C13H24N2O3. The minimum Gasteiger partial charge on any atom is -0.467 e. The van der Waals surface area contributed by atoms with E-state index in [2.05, 4.69) is 22.3 Å². The molecule has 5 nitrogen and oxygen atoms in total. The SMILES string of the molecule is CCCC1(C(=O)NC(C)C(=O)OC)CCCNC1. The molecule has 1 saturated heterocycles. The van der Waals surface area contributed by atoms with E-state index in [1.807, 2.05) is 0 Å². The Bertz CT molecular complexity index is 293. The molecule has 1 fully saturated rings. The van der Waals surface area contributed by atoms with E-state index in [0.29, 0.717) is 6.54 Å². The second-order valence-corrected chi connectivity index (χ2v) is 5.03. The molecule has 0 aromatic heterocycles. The van der Waals surface area contributed by atoms with E-state index in [1.165, 1.54) is 7.11 Å². The number of nitrogens with one attached hydrogen (secondary N) is 2. The van der Waals surface area contributed by atoms with Gasteiger partial charge in [0.05, 0.1) is 12.5 Å². The number of piperidine rings is 1. The van der Waals surface area contributed by atoms with Crippen LogP contribution < -0.4 is 10.6 Å². The monoisotopic (exact) mass is 256 g/mol. The Morgan fingerprint density at radius 3 is 2.72 bits per heavy atom. The largest absolute Gasteiger partial charge is 0.467 e. The highest BCUT2D eigenvalue weighted by molar-refractivity contribution is 5.88. The molecule has 1 aliphatic rings. The van der Waals surface area contributed by atoms with E-state index in [9.17, 15) is 9.59 Å². The van der Waals surface area contributed by atoms with Crippen molar-refractivity contribution in [2.45, 2.75) is 45.6 Å². The van der Waals surface area contributed by atoms with Gasteiger partial charge in [-0.1, -0.05) is 13.3 Å². The Kier molecular flexibility index (Phi) is 5.59. The molecule has 0 aromatic rings. The third-order valence-electron chi connectivity index (χ3n) is 3.58. The normalized spacial score (nSPS) is 25.3. The molecule has 2 N–H and O–H groups in total. The van der Waals surface area contributed by atoms with Gasteiger partial charge < -0.3 is 15.4 Å². The molecule has 0 aromatic carbocycles. The fourth-order valence-electron chi connectivity index (χ4n) is 2.55. The predicted octanol–water partition coefficient (Wildman–Crippen LogP) is 0.834. The summed E-state index contributed by atoms with van der Waals surface area (Å²) in [5.74, 6) is -0.437. The number of ether oxygens (including phenoxy) is 1. The van der Waals surface area contributed by atoms with Crippen LogP contribution in [0.2, 0.25) is 0 Å². The second-order valence-electron chi connectivity index (χ2n) is 5.03. The molecule has 104 valence electrons. The quantitative estimate of drug-likeness (QED) is 0.715. The Balaban J connectivity index is 2.67. The summed E-state index contributed by atoms with van der Waals surface area (Å²) in [7, 11) is 1.33. The number of carbonyl (C=O) groups excluding carboxylic acids is 2. The Morgan fingerprint density at radius 2 is 2.22 bits per heavy atom. The lowest BCUT2D eigenvalue weighted by molar-refractivity contribution is -0.146. The zero-order chi connectivity index (χ0) is 13.6. The number of hydrogen-bond acceptors (Lipinski definition) is 4. The van der Waals surface area contributed by atoms with Gasteiger partial charge in [0.25, 0.3) is 0 Å². The smallest absolute Gasteiger partial charge is 0.328 e. The van der Waals surface area contributed by atoms with Crippen molar-refractivity contribution in [2.24, 2.45) is 5.41 Å². The van der Waals surface area contributed by atoms with Crippen LogP contribution >= 0.6 is 0 Å². The summed E-state index contributed by atoms with van der Waals surface area (Å²) in [5, 5.41) is 6.05. The van der Waals surface area contributed by atoms with E-state index >= 15 is 0 Å². The van der Waals surface area contributed by atoms with E-state index in [-0.39, 0.29) is 11.3 Å². The number of rotatable bonds is 5. The van der Waals surface area contributed by atoms with Crippen molar-refractivity contribution in [3.63, 3.8) is 0 Å². The van der Waals surface area contributed by atoms with E-state index in [1.54, 1.807) is 6.92 Å². The van der Waals surface area contributed by atoms with Crippen molar-refractivity contribution in [1.82, 2.24) is 10.6 Å². The van der Waals surface area contributed by atoms with Crippen molar-refractivity contribution in [2.75, 3.05) is 20.2 Å². The van der Waals surface area contributed by atoms with Gasteiger partial charge in [-0.3, -0.25) is 4.79 Å². The maximum absolute atomic E-state index is 12.4. The minimum atomic E-state index is -0.585. The van der Waals surface area contributed by atoms with Gasteiger partial charge in [0.1, 0.15) is 6.04 Å². The summed E-state index contributed by atoms with van der Waals surface area (Å²) in [6.45, 7) is 5.39. The van der Waals surface area contributed by atoms with Crippen LogP contribution in [0, 0.1) is 5.41 Å². The van der Waals surface area contributed by atoms with Crippen molar-refractivity contribution in [1.29, 1.82) is 0 Å². The topological polar surface area (TPSA) is 67.4 Å². The molecule has 0 bridgehead atoms. The van der Waals surface area contributed by atoms with E-state index < -0.39 is 12.0 Å². The molecule has 0 radical (unpaired) electrons. The van der Waals surface area contributed by atoms with Gasteiger partial charge in [-0.25, -0.2) is 4.79 Å². The molecular weight excluding hydrogens is 232 g/mol. The van der Waals surface area contributed by atoms with Crippen LogP contribution in [0.15, 0.2) is 0 Å². The first-order valence-electron chi connectivity index (χ1n) is 6.65. The molecule has 1 aliphatic heterocycles. The van der Waals surface area contributed by atoms with E-state index in [0.717, 1.165) is 32.2 Å². The standard InChI is InChI=1S/C13H24N2O3/c1-4-6-13(7-5-8-14-9-13)12(17)15-10(2)11(16)18-3/h10,14H,4-9H2,1-3H3,(H,15,17). The second kappa shape index (κ2) is 6.73. The summed E-state index contributed by atoms with van der Waals surface area (Å²) >= 11 is 0. The third kappa shape index (κ3) is 3.45. The Morgan fingerprint density at radius 1 is 1.50 bits per heavy atom. The molecule has 2 atom stereocenters. The highest BCUT2D eigenvalue weighted by Gasteiger charge is 2.39. The lowest BCUT2D eigenvalue weighted by Crippen LogP contribution is -2.53. The fraction of sp³-hybridized carbons (Fsp3) is 0.846. The lowest BCUT2D eigenvalue weighted by atomic mass is 9.76. The first-order chi connectivity index (χ1) is 8.55. The van der Waals surface area contributed by atoms with Gasteiger partial charge in [0.2, 0.25) is 5.91 Å². The predicted molar refractivity (Wildman–Crippen MR) is 69.1 cm³/mol. The van der Waals surface area contributed by atoms with Crippen molar-refractivity contribution < 1.29 is 14.3 Å². The molecule has 0 saturated carbocycles. The molecule has 1 heterocycles. The van der Waals surface area contributed by atoms with Gasteiger partial charge in [-0.05, 0) is 32.7 Å². The molecule has 18 heavy (non-hydrogen) atoms. The van der Waals surface area contributed by atoms with Gasteiger partial charge in [0.15, 0.2) is 0 Å². The highest BCUT2D eigenvalue weighted by Crippen LogP contribution is 2.31. The Labute approximate surface area is 109 Å². The summed E-state index contributed by atoms with van der Waals surface area (Å²) in [4.78, 5) is 23.7. The van der Waals surface area contributed by atoms with Crippen LogP contribution in [-0.4, -0.2) is 38.1 Å². The lowest BCUT2D eigenvalue weighted by Gasteiger charge is -2.36. The van der Waals surface area contributed by atoms with Crippen LogP contribution in [-0.2, 0) is 14.3 Å². The van der Waals surface area contributed by atoms with Crippen LogP contribution in [0.4, 0.5) is 0 Å². The van der Waals surface area contributed by atoms with Crippen LogP contribution in [0.25, 0.3) is 0 Å². The number of carbonyl (C=O) groups is 2. The maximum Gasteiger partial charge on any atom is 0.328 e. The average Bonchev–Trinajstić information content (AvgIpc) is 2.39. The third-order valence-corrected chi connectivity index (χ3v) is 3.58. The van der Waals surface area contributed by atoms with Crippen molar-refractivity contribution in [3.8, 4) is 0 Å². The first kappa shape index (κ1) is 15.0. The number of hydrogen-bond donors (Lipinski definition) is 2.